The summed E-state index contributed by atoms with van der Waals surface area (Å²) in [4.78, 5) is 34.7. The number of likely N-dealkylation sites (N-methyl/N-ethyl adjacent to an activating group) is 1. The molecule has 3 aliphatic rings. The van der Waals surface area contributed by atoms with Crippen LogP contribution in [0.15, 0.2) is 49.1 Å². The zero-order valence-corrected chi connectivity index (χ0v) is 24.8. The van der Waals surface area contributed by atoms with Crippen molar-refractivity contribution < 1.29 is 9.53 Å². The highest BCUT2D eigenvalue weighted by Gasteiger charge is 2.35. The molecule has 0 spiro atoms. The lowest BCUT2D eigenvalue weighted by molar-refractivity contribution is -0.128. The van der Waals surface area contributed by atoms with Gasteiger partial charge in [-0.1, -0.05) is 42.4 Å². The van der Waals surface area contributed by atoms with E-state index in [1.807, 2.05) is 12.1 Å². The average Bonchev–Trinajstić information content (AvgIpc) is 3.43. The predicted molar refractivity (Wildman–Crippen MR) is 166 cm³/mol. The molecular formula is C32H36ClN7O2. The van der Waals surface area contributed by atoms with E-state index in [1.54, 1.807) is 4.90 Å². The van der Waals surface area contributed by atoms with E-state index >= 15 is 0 Å². The summed E-state index contributed by atoms with van der Waals surface area (Å²) in [6.45, 7) is 16.0. The fourth-order valence-electron chi connectivity index (χ4n) is 6.54. The molecule has 6 rings (SSSR count). The Balaban J connectivity index is 1.34. The molecule has 3 aliphatic heterocycles. The zero-order chi connectivity index (χ0) is 29.2. The summed E-state index contributed by atoms with van der Waals surface area (Å²) in [5.74, 6) is 0.716. The Morgan fingerprint density at radius 2 is 1.98 bits per heavy atom. The second kappa shape index (κ2) is 12.2. The maximum Gasteiger partial charge on any atom is 0.318 e. The Bertz CT molecular complexity index is 1530. The lowest BCUT2D eigenvalue weighted by Gasteiger charge is -2.41. The molecule has 0 radical (unpaired) electrons. The summed E-state index contributed by atoms with van der Waals surface area (Å²) in [5, 5.41) is 2.89. The number of hydrogen-bond donors (Lipinski definition) is 0. The number of anilines is 2. The Labute approximate surface area is 252 Å². The first-order chi connectivity index (χ1) is 20.5. The second-order valence-electron chi connectivity index (χ2n) is 11.3. The number of benzene rings is 2. The molecule has 42 heavy (non-hydrogen) atoms. The number of nitrogens with zero attached hydrogens (tertiary/aromatic N) is 7. The highest BCUT2D eigenvalue weighted by atomic mass is 35.5. The number of fused-ring (bicyclic) bond motifs is 2. The number of aromatic nitrogens is 2. The number of amides is 1. The standard InChI is InChI=1S/C32H36ClN7O2/c1-4-29(41)40-17-16-39(19-24(40)18-34-2)31-25-13-15-38(28-12-6-9-22-8-5-11-26(33)30(22)28)20-27(25)35-32(36-31)42-21-23-10-7-14-37(23)3/h4-6,8-9,11-12,23-24H,1,7,10,13-21H2,3H3/t23-,24-/m0/s1. The maximum atomic E-state index is 12.5. The first-order valence-electron chi connectivity index (χ1n) is 14.6. The van der Waals surface area contributed by atoms with Gasteiger partial charge in [0.25, 0.3) is 0 Å². The molecule has 2 fully saturated rings. The van der Waals surface area contributed by atoms with Gasteiger partial charge in [0.2, 0.25) is 12.5 Å². The van der Waals surface area contributed by atoms with E-state index < -0.39 is 0 Å². The second-order valence-corrected chi connectivity index (χ2v) is 11.7. The third-order valence-electron chi connectivity index (χ3n) is 8.81. The average molecular weight is 586 g/mol. The van der Waals surface area contributed by atoms with Gasteiger partial charge in [0.15, 0.2) is 0 Å². The van der Waals surface area contributed by atoms with Crippen LogP contribution in [0.25, 0.3) is 15.6 Å². The molecule has 0 aliphatic carbocycles. The third-order valence-corrected chi connectivity index (χ3v) is 9.13. The third kappa shape index (κ3) is 5.49. The summed E-state index contributed by atoms with van der Waals surface area (Å²) < 4.78 is 6.28. The molecule has 1 amide bonds. The van der Waals surface area contributed by atoms with Crippen LogP contribution in [0.1, 0.15) is 24.1 Å². The molecule has 0 bridgehead atoms. The van der Waals surface area contributed by atoms with E-state index in [1.165, 1.54) is 12.5 Å². The first kappa shape index (κ1) is 28.3. The first-order valence-corrected chi connectivity index (χ1v) is 15.0. The van der Waals surface area contributed by atoms with Crippen molar-refractivity contribution >= 4 is 39.8 Å². The molecule has 0 saturated carbocycles. The predicted octanol–water partition coefficient (Wildman–Crippen LogP) is 4.44. The van der Waals surface area contributed by atoms with Crippen LogP contribution in [0.2, 0.25) is 5.02 Å². The monoisotopic (exact) mass is 585 g/mol. The van der Waals surface area contributed by atoms with Gasteiger partial charge in [-0.3, -0.25) is 4.79 Å². The fourth-order valence-corrected chi connectivity index (χ4v) is 6.82. The van der Waals surface area contributed by atoms with Gasteiger partial charge >= 0.3 is 6.01 Å². The van der Waals surface area contributed by atoms with Crippen LogP contribution in [-0.2, 0) is 17.8 Å². The fraction of sp³-hybridized carbons (Fsp3) is 0.438. The molecule has 9 nitrogen and oxygen atoms in total. The zero-order valence-electron chi connectivity index (χ0n) is 24.0. The van der Waals surface area contributed by atoms with E-state index in [0.717, 1.165) is 64.5 Å². The van der Waals surface area contributed by atoms with Gasteiger partial charge in [0.1, 0.15) is 18.5 Å². The number of carbonyl (C=O) groups is 1. The summed E-state index contributed by atoms with van der Waals surface area (Å²) in [7, 11) is 2.13. The number of carbonyl (C=O) groups excluding carboxylic acids is 1. The van der Waals surface area contributed by atoms with Crippen molar-refractivity contribution in [2.75, 3.05) is 62.7 Å². The van der Waals surface area contributed by atoms with Crippen LogP contribution in [0, 0.1) is 6.57 Å². The molecule has 10 heteroatoms. The van der Waals surface area contributed by atoms with E-state index in [-0.39, 0.29) is 18.5 Å². The molecular weight excluding hydrogens is 550 g/mol. The molecule has 0 N–H and O–H groups in total. The van der Waals surface area contributed by atoms with Crippen molar-refractivity contribution in [1.29, 1.82) is 0 Å². The smallest absolute Gasteiger partial charge is 0.318 e. The van der Waals surface area contributed by atoms with Crippen LogP contribution in [-0.4, -0.2) is 90.7 Å². The topological polar surface area (TPSA) is 69.4 Å². The molecule has 1 aromatic heterocycles. The summed E-state index contributed by atoms with van der Waals surface area (Å²) in [6.07, 6.45) is 4.36. The Morgan fingerprint density at radius 1 is 1.14 bits per heavy atom. The van der Waals surface area contributed by atoms with Gasteiger partial charge in [0, 0.05) is 48.9 Å². The van der Waals surface area contributed by atoms with Gasteiger partial charge in [-0.15, -0.1) is 0 Å². The van der Waals surface area contributed by atoms with Crippen LogP contribution in [0.3, 0.4) is 0 Å². The quantitative estimate of drug-likeness (QED) is 0.300. The van der Waals surface area contributed by atoms with E-state index in [0.29, 0.717) is 44.8 Å². The Kier molecular flexibility index (Phi) is 8.18. The highest BCUT2D eigenvalue weighted by molar-refractivity contribution is 6.36. The molecule has 3 aromatic rings. The van der Waals surface area contributed by atoms with Crippen molar-refractivity contribution in [3.8, 4) is 6.01 Å². The van der Waals surface area contributed by atoms with Crippen LogP contribution in [0.5, 0.6) is 6.01 Å². The highest BCUT2D eigenvalue weighted by Crippen LogP contribution is 2.37. The Morgan fingerprint density at radius 3 is 2.74 bits per heavy atom. The number of halogens is 1. The van der Waals surface area contributed by atoms with Crippen LogP contribution in [0.4, 0.5) is 11.5 Å². The lowest BCUT2D eigenvalue weighted by atomic mass is 10.0. The van der Waals surface area contributed by atoms with Crippen molar-refractivity contribution in [2.45, 2.75) is 37.9 Å². The van der Waals surface area contributed by atoms with E-state index in [4.69, 9.17) is 32.9 Å². The van der Waals surface area contributed by atoms with Crippen molar-refractivity contribution in [1.82, 2.24) is 19.8 Å². The van der Waals surface area contributed by atoms with Crippen molar-refractivity contribution in [3.63, 3.8) is 0 Å². The number of likely N-dealkylation sites (tertiary alicyclic amines) is 1. The largest absolute Gasteiger partial charge is 0.462 e. The SMILES string of the molecule is [C-]#[N+]C[C@H]1CN(c2nc(OC[C@@H]3CCCN3C)nc3c2CCN(c2cccc4cccc(Cl)c24)C3)CCN1C(=O)C=C. The number of hydrogen-bond acceptors (Lipinski definition) is 7. The molecule has 0 unspecified atom stereocenters. The molecule has 4 heterocycles. The van der Waals surface area contributed by atoms with Gasteiger partial charge in [0.05, 0.1) is 17.3 Å². The minimum atomic E-state index is -0.234. The molecule has 2 atom stereocenters. The molecule has 218 valence electrons. The lowest BCUT2D eigenvalue weighted by Crippen LogP contribution is -2.56. The van der Waals surface area contributed by atoms with E-state index in [9.17, 15) is 4.79 Å². The van der Waals surface area contributed by atoms with Crippen molar-refractivity contribution in [3.05, 3.63) is 76.8 Å². The van der Waals surface area contributed by atoms with Gasteiger partial charge in [-0.2, -0.15) is 9.97 Å². The number of rotatable bonds is 7. The maximum absolute atomic E-state index is 12.5. The van der Waals surface area contributed by atoms with Gasteiger partial charge < -0.3 is 29.2 Å². The summed E-state index contributed by atoms with van der Waals surface area (Å²) in [5.41, 5.74) is 3.14. The minimum Gasteiger partial charge on any atom is -0.462 e. The van der Waals surface area contributed by atoms with Gasteiger partial charge in [-0.05, 0) is 56.4 Å². The summed E-state index contributed by atoms with van der Waals surface area (Å²) in [6, 6.07) is 12.8. The molecule has 2 aromatic carbocycles. The normalized spacial score (nSPS) is 20.8. The van der Waals surface area contributed by atoms with E-state index in [2.05, 4.69) is 57.4 Å². The van der Waals surface area contributed by atoms with Crippen molar-refractivity contribution in [2.24, 2.45) is 0 Å². The Hall–Kier alpha value is -3.87. The number of ether oxygens (including phenoxy) is 1. The minimum absolute atomic E-state index is 0.137. The van der Waals surface area contributed by atoms with Gasteiger partial charge in [-0.25, -0.2) is 6.57 Å². The number of piperazine rings is 1. The van der Waals surface area contributed by atoms with Crippen LogP contribution < -0.4 is 14.5 Å². The molecule has 2 saturated heterocycles. The van der Waals surface area contributed by atoms with Crippen LogP contribution >= 0.6 is 11.6 Å². The summed E-state index contributed by atoms with van der Waals surface area (Å²) >= 11 is 6.69.